The zero-order valence-corrected chi connectivity index (χ0v) is 12.4. The van der Waals surface area contributed by atoms with E-state index in [0.29, 0.717) is 12.4 Å². The number of phenols is 1. The minimum Gasteiger partial charge on any atom is -0.507 e. The van der Waals surface area contributed by atoms with Crippen LogP contribution < -0.4 is 4.74 Å². The van der Waals surface area contributed by atoms with Crippen molar-refractivity contribution in [1.82, 2.24) is 0 Å². The maximum atomic E-state index is 11.6. The molecule has 0 saturated carbocycles. The maximum Gasteiger partial charge on any atom is 0.339 e. The number of esters is 1. The van der Waals surface area contributed by atoms with Crippen molar-refractivity contribution in [2.24, 2.45) is 0 Å². The summed E-state index contributed by atoms with van der Waals surface area (Å²) in [7, 11) is 1.28. The summed E-state index contributed by atoms with van der Waals surface area (Å²) in [6.45, 7) is 0.350. The number of halogens is 1. The normalized spacial score (nSPS) is 10.1. The highest BCUT2D eigenvalue weighted by molar-refractivity contribution is 9.10. The molecule has 20 heavy (non-hydrogen) atoms. The molecule has 0 amide bonds. The number of methoxy groups -OCH3 is 1. The molecule has 2 aromatic rings. The molecule has 5 heteroatoms. The number of carbonyl (C=O) groups is 1. The van der Waals surface area contributed by atoms with Crippen LogP contribution in [0.3, 0.4) is 0 Å². The van der Waals surface area contributed by atoms with E-state index in [1.165, 1.54) is 19.2 Å². The molecule has 0 fully saturated rings. The van der Waals surface area contributed by atoms with E-state index in [1.54, 1.807) is 0 Å². The number of rotatable bonds is 4. The number of aromatic hydroxyl groups is 1. The third-order valence-electron chi connectivity index (χ3n) is 2.68. The lowest BCUT2D eigenvalue weighted by atomic mass is 10.2. The molecule has 104 valence electrons. The van der Waals surface area contributed by atoms with Gasteiger partial charge in [-0.25, -0.2) is 4.79 Å². The maximum absolute atomic E-state index is 11.6. The standard InChI is InChI=1S/C15H13BrO4/c1-19-15(18)12-7-11(8-13(17)14(12)16)20-9-10-5-3-2-4-6-10/h2-8,17H,9H2,1H3. The molecule has 1 N–H and O–H groups in total. The summed E-state index contributed by atoms with van der Waals surface area (Å²) in [5.74, 6) is -0.219. The lowest BCUT2D eigenvalue weighted by Crippen LogP contribution is -2.04. The van der Waals surface area contributed by atoms with Gasteiger partial charge in [0.1, 0.15) is 18.1 Å². The van der Waals surface area contributed by atoms with Crippen LogP contribution in [-0.2, 0) is 11.3 Å². The van der Waals surface area contributed by atoms with Gasteiger partial charge in [-0.05, 0) is 27.6 Å². The van der Waals surface area contributed by atoms with E-state index in [4.69, 9.17) is 4.74 Å². The first-order valence-corrected chi connectivity index (χ1v) is 6.68. The predicted octanol–water partition coefficient (Wildman–Crippen LogP) is 3.52. The molecule has 0 aliphatic heterocycles. The Balaban J connectivity index is 2.20. The third kappa shape index (κ3) is 3.30. The van der Waals surface area contributed by atoms with Crippen molar-refractivity contribution in [3.8, 4) is 11.5 Å². The first-order chi connectivity index (χ1) is 9.61. The van der Waals surface area contributed by atoms with Crippen LogP contribution in [0.5, 0.6) is 11.5 Å². The van der Waals surface area contributed by atoms with Crippen molar-refractivity contribution in [3.05, 3.63) is 58.1 Å². The molecule has 0 saturated heterocycles. The van der Waals surface area contributed by atoms with Gasteiger partial charge in [0.05, 0.1) is 17.1 Å². The van der Waals surface area contributed by atoms with Crippen LogP contribution in [0.1, 0.15) is 15.9 Å². The fraction of sp³-hybridized carbons (Fsp3) is 0.133. The second-order valence-corrected chi connectivity index (χ2v) is 4.86. The fourth-order valence-corrected chi connectivity index (χ4v) is 2.06. The average molecular weight is 337 g/mol. The van der Waals surface area contributed by atoms with E-state index in [-0.39, 0.29) is 15.8 Å². The number of ether oxygens (including phenoxy) is 2. The minimum absolute atomic E-state index is 0.0732. The van der Waals surface area contributed by atoms with Gasteiger partial charge in [0.15, 0.2) is 0 Å². The van der Waals surface area contributed by atoms with Crippen LogP contribution in [0, 0.1) is 0 Å². The topological polar surface area (TPSA) is 55.8 Å². The number of benzene rings is 2. The van der Waals surface area contributed by atoms with Crippen LogP contribution in [0.4, 0.5) is 0 Å². The van der Waals surface area contributed by atoms with E-state index in [2.05, 4.69) is 20.7 Å². The summed E-state index contributed by atoms with van der Waals surface area (Å²) in [4.78, 5) is 11.6. The Morgan fingerprint density at radius 1 is 1.25 bits per heavy atom. The smallest absolute Gasteiger partial charge is 0.339 e. The average Bonchev–Trinajstić information content (AvgIpc) is 2.48. The molecular formula is C15H13BrO4. The highest BCUT2D eigenvalue weighted by Gasteiger charge is 2.16. The van der Waals surface area contributed by atoms with Crippen LogP contribution in [0.25, 0.3) is 0 Å². The lowest BCUT2D eigenvalue weighted by Gasteiger charge is -2.10. The molecule has 0 unspecified atom stereocenters. The fourth-order valence-electron chi connectivity index (χ4n) is 1.67. The zero-order chi connectivity index (χ0) is 14.5. The quantitative estimate of drug-likeness (QED) is 0.868. The summed E-state index contributed by atoms with van der Waals surface area (Å²) in [6.07, 6.45) is 0. The van der Waals surface area contributed by atoms with Gasteiger partial charge >= 0.3 is 5.97 Å². The van der Waals surface area contributed by atoms with E-state index in [9.17, 15) is 9.90 Å². The van der Waals surface area contributed by atoms with Gasteiger partial charge in [0, 0.05) is 6.07 Å². The van der Waals surface area contributed by atoms with Crippen LogP contribution >= 0.6 is 15.9 Å². The lowest BCUT2D eigenvalue weighted by molar-refractivity contribution is 0.0598. The molecule has 0 aliphatic rings. The molecule has 0 bridgehead atoms. The van der Waals surface area contributed by atoms with Gasteiger partial charge in [0.2, 0.25) is 0 Å². The van der Waals surface area contributed by atoms with E-state index < -0.39 is 5.97 Å². The predicted molar refractivity (Wildman–Crippen MR) is 77.9 cm³/mol. The van der Waals surface area contributed by atoms with Crippen LogP contribution in [0.15, 0.2) is 46.9 Å². The molecular weight excluding hydrogens is 324 g/mol. The largest absolute Gasteiger partial charge is 0.507 e. The first-order valence-electron chi connectivity index (χ1n) is 5.89. The van der Waals surface area contributed by atoms with Crippen LogP contribution in [0.2, 0.25) is 0 Å². The summed E-state index contributed by atoms with van der Waals surface area (Å²) in [5, 5.41) is 9.79. The van der Waals surface area contributed by atoms with E-state index in [0.717, 1.165) is 5.56 Å². The molecule has 2 rings (SSSR count). The Kier molecular flexibility index (Phi) is 4.63. The molecule has 0 atom stereocenters. The Morgan fingerprint density at radius 2 is 1.95 bits per heavy atom. The number of carbonyl (C=O) groups excluding carboxylic acids is 1. The van der Waals surface area contributed by atoms with Crippen molar-refractivity contribution >= 4 is 21.9 Å². The van der Waals surface area contributed by atoms with E-state index >= 15 is 0 Å². The summed E-state index contributed by atoms with van der Waals surface area (Å²) in [5.41, 5.74) is 1.21. The Morgan fingerprint density at radius 3 is 2.60 bits per heavy atom. The minimum atomic E-state index is -0.544. The molecule has 0 aliphatic carbocycles. The van der Waals surface area contributed by atoms with Crippen molar-refractivity contribution in [3.63, 3.8) is 0 Å². The molecule has 0 radical (unpaired) electrons. The summed E-state index contributed by atoms with van der Waals surface area (Å²) in [6, 6.07) is 12.6. The van der Waals surface area contributed by atoms with Crippen LogP contribution in [-0.4, -0.2) is 18.2 Å². The second-order valence-electron chi connectivity index (χ2n) is 4.07. The molecule has 0 aromatic heterocycles. The van der Waals surface area contributed by atoms with Crippen molar-refractivity contribution in [2.75, 3.05) is 7.11 Å². The highest BCUT2D eigenvalue weighted by atomic mass is 79.9. The Labute approximate surface area is 125 Å². The molecule has 0 heterocycles. The Bertz CT molecular complexity index is 611. The third-order valence-corrected chi connectivity index (χ3v) is 3.51. The molecule has 0 spiro atoms. The van der Waals surface area contributed by atoms with Gasteiger partial charge < -0.3 is 14.6 Å². The molecule has 4 nitrogen and oxygen atoms in total. The van der Waals surface area contributed by atoms with Gasteiger partial charge in [-0.3, -0.25) is 0 Å². The van der Waals surface area contributed by atoms with Crippen molar-refractivity contribution in [2.45, 2.75) is 6.61 Å². The number of phenolic OH excluding ortho intramolecular Hbond substituents is 1. The van der Waals surface area contributed by atoms with Gasteiger partial charge in [-0.15, -0.1) is 0 Å². The summed E-state index contributed by atoms with van der Waals surface area (Å²) >= 11 is 3.15. The van der Waals surface area contributed by atoms with E-state index in [1.807, 2.05) is 30.3 Å². The van der Waals surface area contributed by atoms with Gasteiger partial charge in [0.25, 0.3) is 0 Å². The highest BCUT2D eigenvalue weighted by Crippen LogP contribution is 2.33. The van der Waals surface area contributed by atoms with Crippen molar-refractivity contribution < 1.29 is 19.4 Å². The van der Waals surface area contributed by atoms with Gasteiger partial charge in [-0.2, -0.15) is 0 Å². The summed E-state index contributed by atoms with van der Waals surface area (Å²) < 4.78 is 10.5. The van der Waals surface area contributed by atoms with Crippen molar-refractivity contribution in [1.29, 1.82) is 0 Å². The molecule has 2 aromatic carbocycles. The zero-order valence-electron chi connectivity index (χ0n) is 10.8. The van der Waals surface area contributed by atoms with Gasteiger partial charge in [-0.1, -0.05) is 30.3 Å². The monoisotopic (exact) mass is 336 g/mol. The Hall–Kier alpha value is -2.01. The SMILES string of the molecule is COC(=O)c1cc(OCc2ccccc2)cc(O)c1Br. The number of hydrogen-bond acceptors (Lipinski definition) is 4. The number of hydrogen-bond donors (Lipinski definition) is 1. The first kappa shape index (κ1) is 14.4. The second kappa shape index (κ2) is 6.43.